The molecule has 0 amide bonds. The first-order valence-corrected chi connectivity index (χ1v) is 15.5. The summed E-state index contributed by atoms with van der Waals surface area (Å²) >= 11 is 0. The van der Waals surface area contributed by atoms with Gasteiger partial charge in [0.1, 0.15) is 24.4 Å². The molecular formula is C37H48O7. The van der Waals surface area contributed by atoms with Crippen molar-refractivity contribution in [1.29, 1.82) is 0 Å². The molecule has 0 bridgehead atoms. The lowest BCUT2D eigenvalue weighted by molar-refractivity contribution is -0.168. The van der Waals surface area contributed by atoms with Gasteiger partial charge in [0.15, 0.2) is 5.79 Å². The summed E-state index contributed by atoms with van der Waals surface area (Å²) in [7, 11) is 0. The lowest BCUT2D eigenvalue weighted by atomic mass is 10.0. The van der Waals surface area contributed by atoms with Crippen LogP contribution in [-0.2, 0) is 41.6 Å². The second kappa shape index (κ2) is 17.6. The Morgan fingerprint density at radius 3 is 2.32 bits per heavy atom. The van der Waals surface area contributed by atoms with E-state index >= 15 is 0 Å². The van der Waals surface area contributed by atoms with Gasteiger partial charge in [-0.3, -0.25) is 0 Å². The van der Waals surface area contributed by atoms with Crippen molar-refractivity contribution in [2.24, 2.45) is 0 Å². The lowest BCUT2D eigenvalue weighted by Gasteiger charge is -2.36. The van der Waals surface area contributed by atoms with E-state index in [1.165, 1.54) is 0 Å². The SMILES string of the molecule is C=CC[C@H](O)[C@@H](C=C[C@H]1COC(C)(C)O1)O[C@H]1/C=C\C[C@@H](OCc2ccccc2)[C@H](COCc2ccccc2)O[C@@H]1CC=C. The molecule has 0 unspecified atom stereocenters. The van der Waals surface area contributed by atoms with E-state index in [0.29, 0.717) is 45.7 Å². The zero-order valence-electron chi connectivity index (χ0n) is 26.0. The summed E-state index contributed by atoms with van der Waals surface area (Å²) in [6.07, 6.45) is 9.81. The monoisotopic (exact) mass is 604 g/mol. The lowest BCUT2D eigenvalue weighted by Crippen LogP contribution is -2.45. The van der Waals surface area contributed by atoms with Crippen LogP contribution in [0.1, 0.15) is 44.2 Å². The van der Waals surface area contributed by atoms with Crippen LogP contribution in [0.25, 0.3) is 0 Å². The first kappa shape index (κ1) is 34.0. The summed E-state index contributed by atoms with van der Waals surface area (Å²) in [5.74, 6) is -0.646. The fourth-order valence-electron chi connectivity index (χ4n) is 5.26. The van der Waals surface area contributed by atoms with Crippen molar-refractivity contribution >= 4 is 0 Å². The van der Waals surface area contributed by atoms with Gasteiger partial charge in [0, 0.05) is 0 Å². The van der Waals surface area contributed by atoms with Crippen LogP contribution >= 0.6 is 0 Å². The van der Waals surface area contributed by atoms with Crippen LogP contribution < -0.4 is 0 Å². The van der Waals surface area contributed by atoms with Crippen LogP contribution in [0.5, 0.6) is 0 Å². The van der Waals surface area contributed by atoms with Crippen molar-refractivity contribution in [1.82, 2.24) is 0 Å². The molecule has 44 heavy (non-hydrogen) atoms. The van der Waals surface area contributed by atoms with Crippen molar-refractivity contribution in [2.75, 3.05) is 13.2 Å². The van der Waals surface area contributed by atoms with Crippen LogP contribution in [0.4, 0.5) is 0 Å². The molecule has 2 heterocycles. The van der Waals surface area contributed by atoms with Crippen molar-refractivity contribution in [3.8, 4) is 0 Å². The number of benzene rings is 2. The van der Waals surface area contributed by atoms with Crippen molar-refractivity contribution in [3.05, 3.63) is 121 Å². The highest BCUT2D eigenvalue weighted by molar-refractivity contribution is 5.14. The van der Waals surface area contributed by atoms with Gasteiger partial charge in [-0.2, -0.15) is 0 Å². The molecule has 7 heteroatoms. The molecule has 0 aromatic heterocycles. The Hall–Kier alpha value is -2.88. The standard InChI is InChI=1S/C37H48O7/c1-5-14-31(38)32(23-22-30-26-41-37(3,4)44-30)42-35-21-13-20-33(40-25-29-18-11-8-12-19-29)36(43-34(35)15-6-2)27-39-24-28-16-9-7-10-17-28/h5-13,16-19,21-23,30-36,38H,1-2,14-15,20,24-27H2,3-4H3/b21-13-,23-22?/t30-,31-,32+,33+,34+,35-,36-/m0/s1. The van der Waals surface area contributed by atoms with Crippen LogP contribution in [0.15, 0.2) is 110 Å². The normalized spacial score (nSPS) is 27.3. The molecule has 1 N–H and O–H groups in total. The highest BCUT2D eigenvalue weighted by Gasteiger charge is 2.34. The number of hydrogen-bond donors (Lipinski definition) is 1. The molecule has 2 aromatic rings. The fourth-order valence-corrected chi connectivity index (χ4v) is 5.26. The average molecular weight is 605 g/mol. The minimum absolute atomic E-state index is 0.228. The quantitative estimate of drug-likeness (QED) is 0.220. The summed E-state index contributed by atoms with van der Waals surface area (Å²) in [6.45, 7) is 13.3. The Morgan fingerprint density at radius 1 is 0.977 bits per heavy atom. The van der Waals surface area contributed by atoms with E-state index in [9.17, 15) is 5.11 Å². The second-order valence-corrected chi connectivity index (χ2v) is 11.6. The van der Waals surface area contributed by atoms with E-state index in [4.69, 9.17) is 28.4 Å². The van der Waals surface area contributed by atoms with E-state index < -0.39 is 24.1 Å². The van der Waals surface area contributed by atoms with Crippen molar-refractivity contribution in [2.45, 2.75) is 94.8 Å². The van der Waals surface area contributed by atoms with Gasteiger partial charge < -0.3 is 33.5 Å². The topological polar surface area (TPSA) is 75.6 Å². The van der Waals surface area contributed by atoms with Gasteiger partial charge in [-0.15, -0.1) is 13.2 Å². The predicted molar refractivity (Wildman–Crippen MR) is 172 cm³/mol. The molecule has 0 spiro atoms. The molecular weight excluding hydrogens is 556 g/mol. The minimum atomic E-state index is -0.797. The Balaban J connectivity index is 1.51. The molecule has 0 saturated carbocycles. The summed E-state index contributed by atoms with van der Waals surface area (Å²) in [5.41, 5.74) is 2.19. The summed E-state index contributed by atoms with van der Waals surface area (Å²) < 4.78 is 37.6. The molecule has 1 saturated heterocycles. The summed E-state index contributed by atoms with van der Waals surface area (Å²) in [6, 6.07) is 20.2. The Labute approximate surface area is 262 Å². The molecule has 0 radical (unpaired) electrons. The summed E-state index contributed by atoms with van der Waals surface area (Å²) in [5, 5.41) is 11.0. The van der Waals surface area contributed by atoms with Gasteiger partial charge in [-0.1, -0.05) is 97.1 Å². The zero-order valence-corrected chi connectivity index (χ0v) is 26.0. The molecule has 7 nitrogen and oxygen atoms in total. The third kappa shape index (κ3) is 10.9. The predicted octanol–water partition coefficient (Wildman–Crippen LogP) is 6.48. The molecule has 238 valence electrons. The van der Waals surface area contributed by atoms with Gasteiger partial charge in [0.2, 0.25) is 0 Å². The molecule has 2 aliphatic heterocycles. The number of aliphatic hydroxyl groups excluding tert-OH is 1. The Morgan fingerprint density at radius 2 is 1.68 bits per heavy atom. The van der Waals surface area contributed by atoms with Crippen LogP contribution in [0.2, 0.25) is 0 Å². The van der Waals surface area contributed by atoms with Crippen LogP contribution in [0, 0.1) is 0 Å². The van der Waals surface area contributed by atoms with Crippen LogP contribution in [0.3, 0.4) is 0 Å². The fraction of sp³-hybridized carbons (Fsp3) is 0.459. The zero-order chi connectivity index (χ0) is 31.2. The van der Waals surface area contributed by atoms with Gasteiger partial charge in [-0.25, -0.2) is 0 Å². The first-order valence-electron chi connectivity index (χ1n) is 15.5. The third-order valence-corrected chi connectivity index (χ3v) is 7.57. The maximum absolute atomic E-state index is 11.0. The van der Waals surface area contributed by atoms with Crippen molar-refractivity contribution < 1.29 is 33.5 Å². The van der Waals surface area contributed by atoms with Gasteiger partial charge in [0.25, 0.3) is 0 Å². The molecule has 2 aliphatic rings. The van der Waals surface area contributed by atoms with Crippen LogP contribution in [-0.4, -0.2) is 66.8 Å². The first-order chi connectivity index (χ1) is 21.4. The summed E-state index contributed by atoms with van der Waals surface area (Å²) in [4.78, 5) is 0. The average Bonchev–Trinajstić information content (AvgIpc) is 3.37. The van der Waals surface area contributed by atoms with Gasteiger partial charge in [0.05, 0.1) is 44.7 Å². The second-order valence-electron chi connectivity index (χ2n) is 11.6. The number of rotatable bonds is 16. The molecule has 0 aliphatic carbocycles. The number of aliphatic hydroxyl groups is 1. The van der Waals surface area contributed by atoms with Gasteiger partial charge in [-0.05, 0) is 44.2 Å². The number of hydrogen-bond acceptors (Lipinski definition) is 7. The highest BCUT2D eigenvalue weighted by Crippen LogP contribution is 2.27. The largest absolute Gasteiger partial charge is 0.390 e. The van der Waals surface area contributed by atoms with E-state index in [2.05, 4.69) is 31.4 Å². The molecule has 4 rings (SSSR count). The molecule has 2 aromatic carbocycles. The molecule has 1 fully saturated rings. The maximum atomic E-state index is 11.0. The number of ether oxygens (including phenoxy) is 6. The smallest absolute Gasteiger partial charge is 0.163 e. The Bertz CT molecular complexity index is 1180. The third-order valence-electron chi connectivity index (χ3n) is 7.57. The van der Waals surface area contributed by atoms with Gasteiger partial charge >= 0.3 is 0 Å². The highest BCUT2D eigenvalue weighted by atomic mass is 16.7. The molecule has 7 atom stereocenters. The van der Waals surface area contributed by atoms with E-state index in [-0.39, 0.29) is 24.4 Å². The maximum Gasteiger partial charge on any atom is 0.163 e. The van der Waals surface area contributed by atoms with E-state index in [0.717, 1.165) is 11.1 Å². The van der Waals surface area contributed by atoms with E-state index in [1.54, 1.807) is 6.08 Å². The Kier molecular flexibility index (Phi) is 13.6. The minimum Gasteiger partial charge on any atom is -0.390 e. The van der Waals surface area contributed by atoms with Crippen molar-refractivity contribution in [3.63, 3.8) is 0 Å². The van der Waals surface area contributed by atoms with E-state index in [1.807, 2.05) is 86.7 Å².